The maximum Gasteiger partial charge on any atom is 0.254 e. The van der Waals surface area contributed by atoms with Crippen LogP contribution in [0.1, 0.15) is 41.6 Å². The minimum Gasteiger partial charge on any atom is -0.508 e. The van der Waals surface area contributed by atoms with Gasteiger partial charge in [0, 0.05) is 24.7 Å². The van der Waals surface area contributed by atoms with E-state index in [-0.39, 0.29) is 17.5 Å². The zero-order valence-corrected chi connectivity index (χ0v) is 15.2. The number of halogens is 1. The van der Waals surface area contributed by atoms with Crippen molar-refractivity contribution in [1.29, 1.82) is 0 Å². The number of hydrogen-bond donors (Lipinski definition) is 1. The number of phenols is 1. The minimum absolute atomic E-state index is 0.0254. The average molecular weight is 369 g/mol. The van der Waals surface area contributed by atoms with Gasteiger partial charge in [-0.1, -0.05) is 12.1 Å². The van der Waals surface area contributed by atoms with Gasteiger partial charge in [-0.3, -0.25) is 4.79 Å². The summed E-state index contributed by atoms with van der Waals surface area (Å²) in [5.41, 5.74) is 1.63. The van der Waals surface area contributed by atoms with E-state index < -0.39 is 0 Å². The summed E-state index contributed by atoms with van der Waals surface area (Å²) in [5.74, 6) is 1.46. The summed E-state index contributed by atoms with van der Waals surface area (Å²) >= 11 is 0. The topological polar surface area (TPSA) is 49.8 Å². The number of aromatic hydroxyl groups is 1. The third-order valence-corrected chi connectivity index (χ3v) is 5.70. The molecule has 27 heavy (non-hydrogen) atoms. The van der Waals surface area contributed by atoms with Gasteiger partial charge in [-0.05, 0) is 67.3 Å². The molecule has 2 aromatic carbocycles. The van der Waals surface area contributed by atoms with E-state index in [1.165, 1.54) is 12.1 Å². The van der Waals surface area contributed by atoms with Gasteiger partial charge in [-0.2, -0.15) is 0 Å². The van der Waals surface area contributed by atoms with Crippen LogP contribution in [-0.4, -0.2) is 29.1 Å². The highest BCUT2D eigenvalue weighted by Crippen LogP contribution is 2.33. The van der Waals surface area contributed by atoms with E-state index in [1.54, 1.807) is 24.3 Å². The Balaban J connectivity index is 1.25. The number of ether oxygens (including phenoxy) is 1. The number of phenolic OH excluding ortho intramolecular Hbond substituents is 1. The van der Waals surface area contributed by atoms with Crippen LogP contribution >= 0.6 is 0 Å². The summed E-state index contributed by atoms with van der Waals surface area (Å²) in [4.78, 5) is 14.4. The fourth-order valence-corrected chi connectivity index (χ4v) is 4.16. The molecular formula is C22H24FNO3. The Bertz CT molecular complexity index is 830. The minimum atomic E-state index is -0.277. The lowest BCUT2D eigenvalue weighted by Gasteiger charge is -2.31. The maximum absolute atomic E-state index is 13.2. The van der Waals surface area contributed by atoms with Crippen LogP contribution in [0.15, 0.2) is 42.5 Å². The molecule has 1 N–H and O–H groups in total. The maximum atomic E-state index is 13.2. The number of amides is 1. The lowest BCUT2D eigenvalue weighted by atomic mass is 9.82. The molecule has 1 heterocycles. The van der Waals surface area contributed by atoms with Crippen molar-refractivity contribution in [2.24, 2.45) is 11.8 Å². The molecule has 0 spiro atoms. The predicted molar refractivity (Wildman–Crippen MR) is 100 cm³/mol. The van der Waals surface area contributed by atoms with E-state index in [1.807, 2.05) is 11.0 Å². The first-order valence-corrected chi connectivity index (χ1v) is 9.58. The lowest BCUT2D eigenvalue weighted by Crippen LogP contribution is -2.32. The molecule has 4 rings (SSSR count). The molecular weight excluding hydrogens is 345 g/mol. The molecule has 2 aromatic rings. The number of carbonyl (C=O) groups is 1. The van der Waals surface area contributed by atoms with Gasteiger partial charge in [0.25, 0.3) is 5.91 Å². The van der Waals surface area contributed by atoms with Crippen LogP contribution in [0.25, 0.3) is 0 Å². The summed E-state index contributed by atoms with van der Waals surface area (Å²) in [6.07, 6.45) is 4.27. The second kappa shape index (κ2) is 7.59. The molecule has 142 valence electrons. The third kappa shape index (κ3) is 4.07. The summed E-state index contributed by atoms with van der Waals surface area (Å²) in [7, 11) is 0. The Morgan fingerprint density at radius 1 is 1.07 bits per heavy atom. The van der Waals surface area contributed by atoms with Gasteiger partial charge in [0.2, 0.25) is 0 Å². The van der Waals surface area contributed by atoms with Crippen molar-refractivity contribution in [3.8, 4) is 11.5 Å². The Morgan fingerprint density at radius 3 is 2.63 bits per heavy atom. The van der Waals surface area contributed by atoms with Gasteiger partial charge < -0.3 is 14.7 Å². The van der Waals surface area contributed by atoms with E-state index in [2.05, 4.69) is 0 Å². The molecule has 1 fully saturated rings. The van der Waals surface area contributed by atoms with Crippen molar-refractivity contribution in [2.45, 2.75) is 32.2 Å². The molecule has 0 atom stereocenters. The van der Waals surface area contributed by atoms with Crippen molar-refractivity contribution >= 4 is 5.91 Å². The fraction of sp³-hybridized carbons (Fsp3) is 0.409. The molecule has 1 saturated carbocycles. The van der Waals surface area contributed by atoms with Gasteiger partial charge in [0.15, 0.2) is 0 Å². The quantitative estimate of drug-likeness (QED) is 0.851. The number of carbonyl (C=O) groups excluding carboxylic acids is 1. The highest BCUT2D eigenvalue weighted by atomic mass is 19.1. The Kier molecular flexibility index (Phi) is 5.01. The zero-order valence-electron chi connectivity index (χ0n) is 15.2. The lowest BCUT2D eigenvalue weighted by molar-refractivity contribution is 0.0721. The van der Waals surface area contributed by atoms with Gasteiger partial charge >= 0.3 is 0 Å². The van der Waals surface area contributed by atoms with Gasteiger partial charge in [-0.15, -0.1) is 0 Å². The van der Waals surface area contributed by atoms with Crippen molar-refractivity contribution < 1.29 is 19.0 Å². The van der Waals surface area contributed by atoms with Crippen molar-refractivity contribution in [3.05, 3.63) is 59.4 Å². The largest absolute Gasteiger partial charge is 0.508 e. The van der Waals surface area contributed by atoms with Crippen LogP contribution < -0.4 is 4.74 Å². The molecule has 0 aromatic heterocycles. The number of hydrogen-bond acceptors (Lipinski definition) is 3. The highest BCUT2D eigenvalue weighted by molar-refractivity contribution is 5.98. The first-order chi connectivity index (χ1) is 13.1. The fourth-order valence-electron chi connectivity index (χ4n) is 4.16. The Morgan fingerprint density at radius 2 is 1.85 bits per heavy atom. The zero-order chi connectivity index (χ0) is 18.8. The van der Waals surface area contributed by atoms with Gasteiger partial charge in [0.05, 0.1) is 6.61 Å². The van der Waals surface area contributed by atoms with Crippen LogP contribution in [0.4, 0.5) is 4.39 Å². The van der Waals surface area contributed by atoms with Crippen LogP contribution in [0, 0.1) is 17.7 Å². The third-order valence-electron chi connectivity index (χ3n) is 5.70. The Hall–Kier alpha value is -2.56. The van der Waals surface area contributed by atoms with Crippen molar-refractivity contribution in [2.75, 3.05) is 13.2 Å². The summed E-state index contributed by atoms with van der Waals surface area (Å²) < 4.78 is 18.9. The molecule has 0 unspecified atom stereocenters. The van der Waals surface area contributed by atoms with Crippen LogP contribution in [-0.2, 0) is 6.54 Å². The Labute approximate surface area is 158 Å². The van der Waals surface area contributed by atoms with E-state index in [9.17, 15) is 14.3 Å². The number of rotatable bonds is 5. The normalized spacial score (nSPS) is 22.0. The SMILES string of the molecule is O=C1c2cc(O)ccc2CN1C[C@H]1CC[C@H](COc2cccc(F)c2)CC1. The monoisotopic (exact) mass is 369 g/mol. The summed E-state index contributed by atoms with van der Waals surface area (Å²) in [6.45, 7) is 2.02. The summed E-state index contributed by atoms with van der Waals surface area (Å²) in [5, 5.41) is 9.60. The number of fused-ring (bicyclic) bond motifs is 1. The van der Waals surface area contributed by atoms with Crippen molar-refractivity contribution in [1.82, 2.24) is 4.90 Å². The second-order valence-corrected chi connectivity index (χ2v) is 7.68. The van der Waals surface area contributed by atoms with Crippen molar-refractivity contribution in [3.63, 3.8) is 0 Å². The standard InChI is InChI=1S/C22H24FNO3/c23-18-2-1-3-20(10-18)27-14-16-6-4-15(5-7-16)12-24-13-17-8-9-19(25)11-21(17)22(24)26/h1-3,8-11,15-16,25H,4-7,12-14H2/t15-,16-. The molecule has 0 saturated heterocycles. The van der Waals surface area contributed by atoms with Gasteiger partial charge in [0.1, 0.15) is 17.3 Å². The molecule has 5 heteroatoms. The number of benzene rings is 2. The first-order valence-electron chi connectivity index (χ1n) is 9.58. The van der Waals surface area contributed by atoms with Gasteiger partial charge in [-0.25, -0.2) is 4.39 Å². The highest BCUT2D eigenvalue weighted by Gasteiger charge is 2.31. The van der Waals surface area contributed by atoms with E-state index in [4.69, 9.17) is 4.74 Å². The number of nitrogens with zero attached hydrogens (tertiary/aromatic N) is 1. The van der Waals surface area contributed by atoms with E-state index >= 15 is 0 Å². The summed E-state index contributed by atoms with van der Waals surface area (Å²) in [6, 6.07) is 11.3. The van der Waals surface area contributed by atoms with Crippen LogP contribution in [0.2, 0.25) is 0 Å². The predicted octanol–water partition coefficient (Wildman–Crippen LogP) is 4.37. The molecule has 1 aliphatic carbocycles. The molecule has 1 amide bonds. The second-order valence-electron chi connectivity index (χ2n) is 7.68. The smallest absolute Gasteiger partial charge is 0.254 e. The molecule has 2 aliphatic rings. The van der Waals surface area contributed by atoms with Crippen LogP contribution in [0.3, 0.4) is 0 Å². The first kappa shape index (κ1) is 17.8. The molecule has 4 nitrogen and oxygen atoms in total. The molecule has 0 radical (unpaired) electrons. The van der Waals surface area contributed by atoms with E-state index in [0.29, 0.717) is 36.3 Å². The molecule has 1 aliphatic heterocycles. The van der Waals surface area contributed by atoms with Crippen LogP contribution in [0.5, 0.6) is 11.5 Å². The average Bonchev–Trinajstić information content (AvgIpc) is 2.97. The van der Waals surface area contributed by atoms with E-state index in [0.717, 1.165) is 37.8 Å². The molecule has 0 bridgehead atoms.